The third-order valence-corrected chi connectivity index (χ3v) is 11.9. The van der Waals surface area contributed by atoms with Crippen LogP contribution in [0.15, 0.2) is 72.3 Å². The van der Waals surface area contributed by atoms with Gasteiger partial charge in [0.1, 0.15) is 5.78 Å². The van der Waals surface area contributed by atoms with Crippen LogP contribution in [0, 0.1) is 34.0 Å². The van der Waals surface area contributed by atoms with Crippen molar-refractivity contribution in [1.29, 1.82) is 0 Å². The van der Waals surface area contributed by atoms with E-state index in [-0.39, 0.29) is 16.2 Å². The van der Waals surface area contributed by atoms with Crippen molar-refractivity contribution in [3.63, 3.8) is 0 Å². The second kappa shape index (κ2) is 9.45. The lowest BCUT2D eigenvalue weighted by atomic mass is 9.44. The van der Waals surface area contributed by atoms with Gasteiger partial charge in [0.25, 0.3) is 0 Å². The molecule has 0 saturated heterocycles. The maximum atomic E-state index is 13.5. The first kappa shape index (κ1) is 26.0. The summed E-state index contributed by atoms with van der Waals surface area (Å²) in [6.07, 6.45) is 11.2. The number of allylic oxidation sites excluding steroid dienone is 1. The molecule has 4 aliphatic rings. The Morgan fingerprint density at radius 2 is 1.55 bits per heavy atom. The number of aliphatic hydroxyl groups is 1. The highest BCUT2D eigenvalue weighted by molar-refractivity contribution is 5.84. The highest BCUT2D eigenvalue weighted by Crippen LogP contribution is 2.70. The molecular formula is C35H44O3. The van der Waals surface area contributed by atoms with Crippen molar-refractivity contribution in [2.45, 2.75) is 91.0 Å². The van der Waals surface area contributed by atoms with E-state index in [4.69, 9.17) is 4.74 Å². The van der Waals surface area contributed by atoms with Crippen molar-refractivity contribution >= 4 is 5.78 Å². The lowest BCUT2D eigenvalue weighted by Crippen LogP contribution is -2.55. The molecule has 0 spiro atoms. The van der Waals surface area contributed by atoms with Gasteiger partial charge in [0.2, 0.25) is 0 Å². The molecule has 3 nitrogen and oxygen atoms in total. The molecule has 3 saturated carbocycles. The average Bonchev–Trinajstić information content (AvgIpc) is 3.22. The summed E-state index contributed by atoms with van der Waals surface area (Å²) in [7, 11) is 0. The van der Waals surface area contributed by atoms with E-state index in [1.165, 1.54) is 17.6 Å². The standard InChI is InChI=1S/C35H44O3/c1-25(36)34(22-26-10-6-4-7-11-26)19-17-31-29-15-14-28-23-35(37,38-24-27-12-8-5-9-13-27)21-20-32(28,2)30(29)16-18-33(31,34)3/h4-14,29-31,37H,15-24H2,1-3H3/t29-,30+,31+,32+,33+,34+,35+/m1/s1. The van der Waals surface area contributed by atoms with Crippen LogP contribution in [0.2, 0.25) is 0 Å². The molecule has 0 amide bonds. The summed E-state index contributed by atoms with van der Waals surface area (Å²) < 4.78 is 6.16. The van der Waals surface area contributed by atoms with Crippen molar-refractivity contribution in [3.8, 4) is 0 Å². The molecular weight excluding hydrogens is 468 g/mol. The van der Waals surface area contributed by atoms with E-state index in [9.17, 15) is 9.90 Å². The molecule has 4 aliphatic carbocycles. The fourth-order valence-electron chi connectivity index (χ4n) is 9.60. The average molecular weight is 513 g/mol. The molecule has 0 unspecified atom stereocenters. The SMILES string of the molecule is CC(=O)[C@@]1(Cc2ccccc2)CC[C@H]2[C@@H]3CC=C4C[C@@](O)(OCc5ccccc5)CC[C@]4(C)[C@H]3CC[C@@]21C. The molecule has 7 atom stereocenters. The zero-order valence-corrected chi connectivity index (χ0v) is 23.4. The van der Waals surface area contributed by atoms with E-state index in [1.807, 2.05) is 25.1 Å². The maximum Gasteiger partial charge on any atom is 0.169 e. The van der Waals surface area contributed by atoms with Crippen LogP contribution in [-0.2, 0) is 22.6 Å². The summed E-state index contributed by atoms with van der Waals surface area (Å²) in [6, 6.07) is 20.8. The summed E-state index contributed by atoms with van der Waals surface area (Å²) in [5, 5.41) is 11.4. The van der Waals surface area contributed by atoms with Gasteiger partial charge in [0.05, 0.1) is 6.61 Å². The summed E-state index contributed by atoms with van der Waals surface area (Å²) >= 11 is 0. The first-order valence-electron chi connectivity index (χ1n) is 14.8. The molecule has 38 heavy (non-hydrogen) atoms. The third-order valence-electron chi connectivity index (χ3n) is 11.9. The number of ether oxygens (including phenoxy) is 1. The van der Waals surface area contributed by atoms with Crippen LogP contribution < -0.4 is 0 Å². The number of carbonyl (C=O) groups excluding carboxylic acids is 1. The minimum atomic E-state index is -1.08. The fourth-order valence-corrected chi connectivity index (χ4v) is 9.60. The van der Waals surface area contributed by atoms with Crippen molar-refractivity contribution in [2.24, 2.45) is 34.0 Å². The summed E-state index contributed by atoms with van der Waals surface area (Å²) in [4.78, 5) is 13.5. The Labute approximate surface area is 228 Å². The molecule has 2 aromatic carbocycles. The van der Waals surface area contributed by atoms with Gasteiger partial charge in [-0.15, -0.1) is 0 Å². The van der Waals surface area contributed by atoms with Crippen LogP contribution in [0.5, 0.6) is 0 Å². The first-order chi connectivity index (χ1) is 18.2. The molecule has 0 bridgehead atoms. The van der Waals surface area contributed by atoms with Gasteiger partial charge in [-0.2, -0.15) is 0 Å². The van der Waals surface area contributed by atoms with Gasteiger partial charge < -0.3 is 9.84 Å². The van der Waals surface area contributed by atoms with Crippen molar-refractivity contribution < 1.29 is 14.6 Å². The Kier molecular flexibility index (Phi) is 6.47. The second-order valence-electron chi connectivity index (χ2n) is 13.5. The number of ketones is 1. The van der Waals surface area contributed by atoms with Gasteiger partial charge in [0, 0.05) is 18.3 Å². The van der Waals surface area contributed by atoms with Crippen molar-refractivity contribution in [1.82, 2.24) is 0 Å². The minimum absolute atomic E-state index is 0.0474. The Morgan fingerprint density at radius 1 is 0.895 bits per heavy atom. The molecule has 0 aliphatic heterocycles. The molecule has 0 radical (unpaired) electrons. The minimum Gasteiger partial charge on any atom is -0.365 e. The number of hydrogen-bond acceptors (Lipinski definition) is 3. The Bertz CT molecular complexity index is 1200. The van der Waals surface area contributed by atoms with E-state index >= 15 is 0 Å². The Morgan fingerprint density at radius 3 is 2.24 bits per heavy atom. The van der Waals surface area contributed by atoms with Gasteiger partial charge in [-0.3, -0.25) is 4.79 Å². The van der Waals surface area contributed by atoms with E-state index in [1.54, 1.807) is 0 Å². The highest BCUT2D eigenvalue weighted by Gasteiger charge is 2.65. The second-order valence-corrected chi connectivity index (χ2v) is 13.5. The highest BCUT2D eigenvalue weighted by atomic mass is 16.6. The number of benzene rings is 2. The number of rotatable bonds is 6. The molecule has 3 fully saturated rings. The first-order valence-corrected chi connectivity index (χ1v) is 14.8. The van der Waals surface area contributed by atoms with Gasteiger partial charge in [-0.25, -0.2) is 0 Å². The van der Waals surface area contributed by atoms with E-state index in [0.29, 0.717) is 43.0 Å². The normalized spacial score (nSPS) is 40.0. The molecule has 3 heteroatoms. The zero-order chi connectivity index (χ0) is 26.6. The van der Waals surface area contributed by atoms with Gasteiger partial charge in [0.15, 0.2) is 5.79 Å². The summed E-state index contributed by atoms with van der Waals surface area (Å²) in [5.41, 5.74) is 3.71. The van der Waals surface area contributed by atoms with Gasteiger partial charge >= 0.3 is 0 Å². The predicted molar refractivity (Wildman–Crippen MR) is 151 cm³/mol. The number of fused-ring (bicyclic) bond motifs is 5. The number of Topliss-reactive ketones (excluding diaryl/α,β-unsaturated/α-hetero) is 1. The molecule has 0 heterocycles. The van der Waals surface area contributed by atoms with E-state index < -0.39 is 5.79 Å². The topological polar surface area (TPSA) is 46.5 Å². The third kappa shape index (κ3) is 4.04. The lowest BCUT2D eigenvalue weighted by Gasteiger charge is -2.60. The monoisotopic (exact) mass is 512 g/mol. The molecule has 2 aromatic rings. The van der Waals surface area contributed by atoms with Gasteiger partial charge in [-0.1, -0.05) is 86.2 Å². The lowest BCUT2D eigenvalue weighted by molar-refractivity contribution is -0.231. The van der Waals surface area contributed by atoms with Crippen molar-refractivity contribution in [3.05, 3.63) is 83.4 Å². The smallest absolute Gasteiger partial charge is 0.169 e. The Hall–Kier alpha value is -2.23. The number of carbonyl (C=O) groups is 1. The van der Waals surface area contributed by atoms with E-state index in [2.05, 4.69) is 62.4 Å². The predicted octanol–water partition coefficient (Wildman–Crippen LogP) is 7.67. The molecule has 0 aromatic heterocycles. The van der Waals surface area contributed by atoms with Crippen LogP contribution in [-0.4, -0.2) is 16.7 Å². The van der Waals surface area contributed by atoms with Crippen molar-refractivity contribution in [2.75, 3.05) is 0 Å². The van der Waals surface area contributed by atoms with Crippen LogP contribution in [0.3, 0.4) is 0 Å². The molecule has 202 valence electrons. The zero-order valence-electron chi connectivity index (χ0n) is 23.4. The number of hydrogen-bond donors (Lipinski definition) is 1. The molecule has 1 N–H and O–H groups in total. The summed E-state index contributed by atoms with van der Waals surface area (Å²) in [5.74, 6) is 1.14. The van der Waals surface area contributed by atoms with E-state index in [0.717, 1.165) is 44.1 Å². The Balaban J connectivity index is 1.23. The maximum absolute atomic E-state index is 13.5. The molecule has 6 rings (SSSR count). The van der Waals surface area contributed by atoms with Crippen LogP contribution in [0.4, 0.5) is 0 Å². The van der Waals surface area contributed by atoms with Crippen LogP contribution in [0.25, 0.3) is 0 Å². The van der Waals surface area contributed by atoms with Gasteiger partial charge in [-0.05, 0) is 91.6 Å². The quantitative estimate of drug-likeness (QED) is 0.319. The summed E-state index contributed by atoms with van der Waals surface area (Å²) in [6.45, 7) is 7.23. The van der Waals surface area contributed by atoms with Crippen LogP contribution >= 0.6 is 0 Å². The van der Waals surface area contributed by atoms with Crippen LogP contribution in [0.1, 0.15) is 83.3 Å². The largest absolute Gasteiger partial charge is 0.365 e. The fraction of sp³-hybridized carbons (Fsp3) is 0.571.